The number of fused-ring (bicyclic) bond motifs is 1. The highest BCUT2D eigenvalue weighted by molar-refractivity contribution is 5.88. The highest BCUT2D eigenvalue weighted by Crippen LogP contribution is 2.30. The van der Waals surface area contributed by atoms with E-state index in [-0.39, 0.29) is 5.91 Å². The number of carbonyl (C=O) groups is 1. The lowest BCUT2D eigenvalue weighted by Gasteiger charge is -2.33. The minimum atomic E-state index is 0.246. The summed E-state index contributed by atoms with van der Waals surface area (Å²) in [5.74, 6) is 1.75. The third-order valence-corrected chi connectivity index (χ3v) is 5.47. The van der Waals surface area contributed by atoms with Crippen molar-refractivity contribution >= 4 is 22.7 Å². The lowest BCUT2D eigenvalue weighted by molar-refractivity contribution is -0.122. The van der Waals surface area contributed by atoms with Gasteiger partial charge in [0.1, 0.15) is 11.4 Å². The van der Waals surface area contributed by atoms with E-state index in [4.69, 9.17) is 4.42 Å². The largest absolute Gasteiger partial charge is 0.464 e. The number of anilines is 1. The summed E-state index contributed by atoms with van der Waals surface area (Å²) in [5, 5.41) is 4.29. The minimum absolute atomic E-state index is 0.246. The number of amides is 1. The van der Waals surface area contributed by atoms with Crippen LogP contribution in [0.3, 0.4) is 0 Å². The Labute approximate surface area is 142 Å². The Morgan fingerprint density at radius 1 is 1.21 bits per heavy atom. The molecular formula is C19H25N3O2. The van der Waals surface area contributed by atoms with Gasteiger partial charge in [-0.05, 0) is 43.7 Å². The van der Waals surface area contributed by atoms with Crippen molar-refractivity contribution in [2.24, 2.45) is 5.92 Å². The second-order valence-corrected chi connectivity index (χ2v) is 7.15. The van der Waals surface area contributed by atoms with E-state index < -0.39 is 0 Å². The maximum absolute atomic E-state index is 12.2. The topological polar surface area (TPSA) is 58.4 Å². The molecular weight excluding hydrogens is 302 g/mol. The van der Waals surface area contributed by atoms with E-state index in [0.717, 1.165) is 55.6 Å². The van der Waals surface area contributed by atoms with E-state index in [9.17, 15) is 4.79 Å². The molecule has 0 spiro atoms. The molecule has 2 aliphatic rings. The maximum Gasteiger partial charge on any atom is 0.220 e. The first-order valence-corrected chi connectivity index (χ1v) is 9.16. The van der Waals surface area contributed by atoms with Crippen molar-refractivity contribution in [1.82, 2.24) is 10.3 Å². The number of hydrogen-bond donors (Lipinski definition) is 1. The molecule has 2 aromatic rings. The Morgan fingerprint density at radius 2 is 2.00 bits per heavy atom. The van der Waals surface area contributed by atoms with Crippen LogP contribution in [0.1, 0.15) is 44.9 Å². The lowest BCUT2D eigenvalue weighted by Crippen LogP contribution is -2.38. The molecule has 24 heavy (non-hydrogen) atoms. The molecule has 3 heterocycles. The molecule has 0 aromatic carbocycles. The van der Waals surface area contributed by atoms with E-state index in [1.807, 2.05) is 18.3 Å². The Morgan fingerprint density at radius 3 is 2.79 bits per heavy atom. The van der Waals surface area contributed by atoms with Crippen LogP contribution in [0.2, 0.25) is 0 Å². The van der Waals surface area contributed by atoms with Crippen LogP contribution in [0.5, 0.6) is 0 Å². The zero-order valence-electron chi connectivity index (χ0n) is 14.0. The molecule has 1 saturated heterocycles. The fraction of sp³-hybridized carbons (Fsp3) is 0.579. The average Bonchev–Trinajstić information content (AvgIpc) is 3.26. The van der Waals surface area contributed by atoms with Gasteiger partial charge < -0.3 is 14.6 Å². The molecule has 1 saturated carbocycles. The molecule has 0 atom stereocenters. The van der Waals surface area contributed by atoms with Gasteiger partial charge in [0, 0.05) is 31.7 Å². The Kier molecular flexibility index (Phi) is 4.41. The Bertz CT molecular complexity index is 697. The third-order valence-electron chi connectivity index (χ3n) is 5.47. The summed E-state index contributed by atoms with van der Waals surface area (Å²) in [4.78, 5) is 19.1. The lowest BCUT2D eigenvalue weighted by atomic mass is 9.93. The third kappa shape index (κ3) is 3.25. The molecule has 1 aliphatic heterocycles. The van der Waals surface area contributed by atoms with Crippen molar-refractivity contribution in [1.29, 1.82) is 0 Å². The molecule has 1 amide bonds. The molecule has 2 fully saturated rings. The van der Waals surface area contributed by atoms with Gasteiger partial charge in [0.15, 0.2) is 0 Å². The van der Waals surface area contributed by atoms with Crippen molar-refractivity contribution < 1.29 is 9.21 Å². The fourth-order valence-corrected chi connectivity index (χ4v) is 4.10. The van der Waals surface area contributed by atoms with Gasteiger partial charge in [-0.3, -0.25) is 4.79 Å². The normalized spacial score (nSPS) is 19.9. The van der Waals surface area contributed by atoms with Crippen molar-refractivity contribution in [3.63, 3.8) is 0 Å². The van der Waals surface area contributed by atoms with Crippen LogP contribution in [-0.4, -0.2) is 30.0 Å². The van der Waals surface area contributed by atoms with Crippen molar-refractivity contribution in [2.45, 2.75) is 51.0 Å². The molecule has 4 rings (SSSR count). The minimum Gasteiger partial charge on any atom is -0.464 e. The average molecular weight is 327 g/mol. The van der Waals surface area contributed by atoms with Gasteiger partial charge in [-0.25, -0.2) is 4.98 Å². The molecule has 0 unspecified atom stereocenters. The van der Waals surface area contributed by atoms with Crippen LogP contribution in [0.15, 0.2) is 29.0 Å². The predicted molar refractivity (Wildman–Crippen MR) is 94.0 cm³/mol. The molecule has 2 aromatic heterocycles. The second kappa shape index (κ2) is 6.83. The number of aromatic nitrogens is 1. The van der Waals surface area contributed by atoms with Crippen molar-refractivity contribution in [3.05, 3.63) is 24.6 Å². The second-order valence-electron chi connectivity index (χ2n) is 7.15. The summed E-state index contributed by atoms with van der Waals surface area (Å²) in [6.07, 6.45) is 11.1. The number of pyridine rings is 1. The first kappa shape index (κ1) is 15.5. The first-order valence-electron chi connectivity index (χ1n) is 9.16. The number of nitrogens with one attached hydrogen (secondary N) is 1. The van der Waals surface area contributed by atoms with Crippen LogP contribution < -0.4 is 10.2 Å². The van der Waals surface area contributed by atoms with E-state index in [0.29, 0.717) is 18.4 Å². The van der Waals surface area contributed by atoms with E-state index in [2.05, 4.69) is 15.2 Å². The summed E-state index contributed by atoms with van der Waals surface area (Å²) >= 11 is 0. The molecule has 1 N–H and O–H groups in total. The number of rotatable bonds is 4. The van der Waals surface area contributed by atoms with Crippen LogP contribution in [0.25, 0.3) is 11.0 Å². The Balaban J connectivity index is 1.31. The van der Waals surface area contributed by atoms with Gasteiger partial charge in [-0.15, -0.1) is 0 Å². The number of piperidine rings is 1. The van der Waals surface area contributed by atoms with E-state index in [1.165, 1.54) is 12.8 Å². The number of nitrogens with zero attached hydrogens (tertiary/aromatic N) is 2. The first-order chi connectivity index (χ1) is 11.8. The Hall–Kier alpha value is -2.04. The smallest absolute Gasteiger partial charge is 0.220 e. The standard InChI is InChI=1S/C19H25N3O2/c23-18(21-15-3-1-2-4-15)13-14-6-10-22(11-7-14)19-16-8-12-24-17(16)5-9-20-19/h5,8-9,12,14-15H,1-4,6-7,10-11,13H2,(H,21,23). The SMILES string of the molecule is O=C(CC1CCN(c2nccc3occc23)CC1)NC1CCCC1. The van der Waals surface area contributed by atoms with Crippen LogP contribution >= 0.6 is 0 Å². The summed E-state index contributed by atoms with van der Waals surface area (Å²) in [6.45, 7) is 1.91. The summed E-state index contributed by atoms with van der Waals surface area (Å²) in [6, 6.07) is 4.32. The molecule has 128 valence electrons. The van der Waals surface area contributed by atoms with Gasteiger partial charge in [-0.1, -0.05) is 12.8 Å². The molecule has 1 aliphatic carbocycles. The van der Waals surface area contributed by atoms with Gasteiger partial charge in [0.05, 0.1) is 11.6 Å². The zero-order valence-corrected chi connectivity index (χ0v) is 14.0. The van der Waals surface area contributed by atoms with Gasteiger partial charge in [-0.2, -0.15) is 0 Å². The quantitative estimate of drug-likeness (QED) is 0.934. The summed E-state index contributed by atoms with van der Waals surface area (Å²) in [7, 11) is 0. The van der Waals surface area contributed by atoms with Gasteiger partial charge in [0.2, 0.25) is 5.91 Å². The molecule has 5 nitrogen and oxygen atoms in total. The van der Waals surface area contributed by atoms with Gasteiger partial charge >= 0.3 is 0 Å². The zero-order chi connectivity index (χ0) is 16.4. The van der Waals surface area contributed by atoms with E-state index >= 15 is 0 Å². The maximum atomic E-state index is 12.2. The fourth-order valence-electron chi connectivity index (χ4n) is 4.10. The summed E-state index contributed by atoms with van der Waals surface area (Å²) in [5.41, 5.74) is 0.887. The highest BCUT2D eigenvalue weighted by Gasteiger charge is 2.25. The van der Waals surface area contributed by atoms with Crippen LogP contribution in [-0.2, 0) is 4.79 Å². The van der Waals surface area contributed by atoms with Crippen molar-refractivity contribution in [2.75, 3.05) is 18.0 Å². The van der Waals surface area contributed by atoms with Crippen LogP contribution in [0.4, 0.5) is 5.82 Å². The molecule has 0 radical (unpaired) electrons. The van der Waals surface area contributed by atoms with E-state index in [1.54, 1.807) is 6.26 Å². The number of carbonyl (C=O) groups excluding carboxylic acids is 1. The van der Waals surface area contributed by atoms with Crippen LogP contribution in [0, 0.1) is 5.92 Å². The highest BCUT2D eigenvalue weighted by atomic mass is 16.3. The molecule has 5 heteroatoms. The van der Waals surface area contributed by atoms with Gasteiger partial charge in [0.25, 0.3) is 0 Å². The number of furan rings is 1. The summed E-state index contributed by atoms with van der Waals surface area (Å²) < 4.78 is 5.47. The monoisotopic (exact) mass is 327 g/mol. The predicted octanol–water partition coefficient (Wildman–Crippen LogP) is 3.49. The van der Waals surface area contributed by atoms with Crippen molar-refractivity contribution in [3.8, 4) is 0 Å². The molecule has 0 bridgehead atoms. The number of hydrogen-bond acceptors (Lipinski definition) is 4.